The smallest absolute Gasteiger partial charge is 0.490 e. The normalized spacial score (nSPS) is 14.4. The number of rotatable bonds is 18. The van der Waals surface area contributed by atoms with Crippen molar-refractivity contribution in [1.82, 2.24) is 15.1 Å². The first kappa shape index (κ1) is 40.4. The maximum atomic E-state index is 14.0. The number of hydrogen-bond donors (Lipinski definition) is 3. The fourth-order valence-electron chi connectivity index (χ4n) is 6.30. The summed E-state index contributed by atoms with van der Waals surface area (Å²) in [6.45, 7) is 8.56. The lowest BCUT2D eigenvalue weighted by Crippen LogP contribution is -2.49. The van der Waals surface area contributed by atoms with Crippen molar-refractivity contribution in [1.29, 1.82) is 0 Å². The Bertz CT molecular complexity index is 2220. The molecule has 0 saturated heterocycles. The van der Waals surface area contributed by atoms with Gasteiger partial charge in [-0.2, -0.15) is 0 Å². The Hall–Kier alpha value is -5.30. The number of carbonyl (C=O) groups excluding carboxylic acids is 1. The number of aliphatic hydroxyl groups is 1. The van der Waals surface area contributed by atoms with Crippen molar-refractivity contribution in [2.75, 3.05) is 19.8 Å². The molecule has 3 heterocycles. The van der Waals surface area contributed by atoms with Gasteiger partial charge < -0.3 is 29.7 Å². The Labute approximate surface area is 331 Å². The highest BCUT2D eigenvalue weighted by atomic mass is 32.1. The largest absolute Gasteiger partial charge is 0.678 e. The first-order chi connectivity index (χ1) is 26.8. The first-order valence-electron chi connectivity index (χ1n) is 18.6. The molecular formula is C44H47BF2N4O4S. The second-order valence-electron chi connectivity index (χ2n) is 15.0. The van der Waals surface area contributed by atoms with Gasteiger partial charge in [0.1, 0.15) is 24.2 Å². The number of ether oxygens (including phenoxy) is 2. The highest BCUT2D eigenvalue weighted by molar-refractivity contribution is 7.13. The van der Waals surface area contributed by atoms with Crippen LogP contribution in [0.15, 0.2) is 125 Å². The topological polar surface area (TPSA) is 97.1 Å². The maximum Gasteiger partial charge on any atom is 0.678 e. The summed E-state index contributed by atoms with van der Waals surface area (Å²) in [6.07, 6.45) is 9.82. The summed E-state index contributed by atoms with van der Waals surface area (Å²) < 4.78 is 40.7. The van der Waals surface area contributed by atoms with Crippen LogP contribution in [0.5, 0.6) is 11.5 Å². The average Bonchev–Trinajstić information content (AvgIpc) is 3.96. The fourth-order valence-corrected chi connectivity index (χ4v) is 7.05. The molecule has 5 aromatic rings. The molecule has 0 unspecified atom stereocenters. The molecule has 6 rings (SSSR count). The Morgan fingerprint density at radius 2 is 1.68 bits per heavy atom. The number of β-amino-alcohol motifs (C(OH)–C–C–N with tert-alkyl or cyclic N) is 1. The van der Waals surface area contributed by atoms with E-state index in [0.717, 1.165) is 37.9 Å². The molecule has 3 N–H and O–H groups in total. The molecule has 1 amide bonds. The molecule has 1 aliphatic heterocycles. The van der Waals surface area contributed by atoms with Gasteiger partial charge in [-0.1, -0.05) is 60.7 Å². The van der Waals surface area contributed by atoms with Crippen LogP contribution in [0.3, 0.4) is 0 Å². The van der Waals surface area contributed by atoms with Gasteiger partial charge in [0.25, 0.3) is 5.91 Å². The van der Waals surface area contributed by atoms with Crippen LogP contribution in [0, 0.1) is 0 Å². The Kier molecular flexibility index (Phi) is 13.1. The number of aromatic nitrogens is 1. The first-order valence-corrected chi connectivity index (χ1v) is 19.5. The number of thiophene rings is 1. The summed E-state index contributed by atoms with van der Waals surface area (Å²) in [5.74, 6) is 1.10. The molecule has 1 atom stereocenters. The van der Waals surface area contributed by atoms with Crippen molar-refractivity contribution in [2.45, 2.75) is 57.7 Å². The number of nitrogens with zero attached hydrogens (tertiary/aromatic N) is 2. The Balaban J connectivity index is 0.914. The van der Waals surface area contributed by atoms with Crippen molar-refractivity contribution >= 4 is 53.3 Å². The van der Waals surface area contributed by atoms with E-state index in [9.17, 15) is 18.5 Å². The molecule has 56 heavy (non-hydrogen) atoms. The molecule has 3 aromatic carbocycles. The predicted molar refractivity (Wildman–Crippen MR) is 226 cm³/mol. The van der Waals surface area contributed by atoms with Crippen molar-refractivity contribution in [3.8, 4) is 22.1 Å². The van der Waals surface area contributed by atoms with Crippen molar-refractivity contribution in [3.63, 3.8) is 0 Å². The van der Waals surface area contributed by atoms with Crippen LogP contribution in [0.2, 0.25) is 0 Å². The van der Waals surface area contributed by atoms with Gasteiger partial charge in [-0.3, -0.25) is 13.4 Å². The molecule has 0 radical (unpaired) electrons. The van der Waals surface area contributed by atoms with Crippen LogP contribution in [0.25, 0.3) is 33.5 Å². The highest BCUT2D eigenvalue weighted by Gasteiger charge is 2.27. The lowest BCUT2D eigenvalue weighted by molar-refractivity contribution is -0.124. The predicted octanol–water partition coefficient (Wildman–Crippen LogP) is 9.07. The second kappa shape index (κ2) is 18.1. The average molecular weight is 777 g/mol. The highest BCUT2D eigenvalue weighted by Crippen LogP contribution is 2.30. The Morgan fingerprint density at radius 1 is 0.911 bits per heavy atom. The molecule has 0 spiro atoms. The SMILES string of the molecule is CC(C)(CCC(C)(C)NC(=O)COc1ccc(/C=C/C2=NC(=C\c3ccc(-c4cccs4)n3B(F)F)/C=C2)cc1)NC[C@H](O)COc1cccc2ccccc12. The van der Waals surface area contributed by atoms with E-state index in [4.69, 9.17) is 9.47 Å². The third-order valence-corrected chi connectivity index (χ3v) is 10.3. The molecule has 290 valence electrons. The molecule has 0 aliphatic carbocycles. The zero-order chi connectivity index (χ0) is 39.7. The number of nitrogens with one attached hydrogen (secondary N) is 2. The van der Waals surface area contributed by atoms with Crippen molar-refractivity contribution in [2.24, 2.45) is 4.99 Å². The second-order valence-corrected chi connectivity index (χ2v) is 16.0. The van der Waals surface area contributed by atoms with E-state index in [1.54, 1.807) is 36.4 Å². The minimum absolute atomic E-state index is 0.121. The van der Waals surface area contributed by atoms with Gasteiger partial charge in [0.2, 0.25) is 0 Å². The van der Waals surface area contributed by atoms with E-state index in [0.29, 0.717) is 41.5 Å². The van der Waals surface area contributed by atoms with E-state index in [1.165, 1.54) is 11.3 Å². The van der Waals surface area contributed by atoms with Crippen molar-refractivity contribution < 1.29 is 28.0 Å². The van der Waals surface area contributed by atoms with Crippen molar-refractivity contribution in [3.05, 3.63) is 132 Å². The van der Waals surface area contributed by atoms with E-state index < -0.39 is 19.0 Å². The van der Waals surface area contributed by atoms with Gasteiger partial charge in [0.15, 0.2) is 6.61 Å². The molecule has 0 bridgehead atoms. The molecule has 8 nitrogen and oxygen atoms in total. The van der Waals surface area contributed by atoms with Crippen LogP contribution in [-0.2, 0) is 4.79 Å². The summed E-state index contributed by atoms with van der Waals surface area (Å²) in [7, 11) is -2.68. The summed E-state index contributed by atoms with van der Waals surface area (Å²) in [6, 6.07) is 28.3. The minimum atomic E-state index is -2.68. The standard InChI is InChI=1S/C44H47BF2N4O4S/c1-43(2,48-28-36(52)29-55-40-12-7-10-32-9-5-6-11-38(32)40)24-25-44(3,4)50-42(53)30-54-37-21-15-31(16-22-37)14-17-33-18-19-34(49-33)27-35-20-23-39(51(35)45(46)47)41-13-8-26-56-41/h5-23,26-27,36,48,52H,24-25,28-30H2,1-4H3,(H,50,53)/b17-14+,34-27-/t36-/m0/s1. The quantitative estimate of drug-likeness (QED) is 0.0773. The van der Waals surface area contributed by atoms with Crippen LogP contribution >= 0.6 is 11.3 Å². The number of fused-ring (bicyclic) bond motifs is 1. The van der Waals surface area contributed by atoms with Gasteiger partial charge in [-0.15, -0.1) is 11.3 Å². The van der Waals surface area contributed by atoms with E-state index in [-0.39, 0.29) is 24.7 Å². The lowest BCUT2D eigenvalue weighted by atomic mass is 9.89. The molecule has 0 saturated carbocycles. The number of aliphatic hydroxyl groups excluding tert-OH is 1. The number of allylic oxidation sites excluding steroid dienone is 3. The van der Waals surface area contributed by atoms with Crippen LogP contribution in [0.4, 0.5) is 8.63 Å². The maximum absolute atomic E-state index is 14.0. The molecule has 12 heteroatoms. The summed E-state index contributed by atoms with van der Waals surface area (Å²) in [4.78, 5) is 18.2. The third-order valence-electron chi connectivity index (χ3n) is 9.44. The van der Waals surface area contributed by atoms with Crippen LogP contribution < -0.4 is 20.1 Å². The Morgan fingerprint density at radius 3 is 2.45 bits per heavy atom. The molecule has 1 aliphatic rings. The number of aliphatic imine (C=N–C) groups is 1. The fraction of sp³-hybridized carbons (Fsp3) is 0.273. The number of hydrogen-bond acceptors (Lipinski definition) is 7. The molecule has 0 fully saturated rings. The minimum Gasteiger partial charge on any atom is -0.490 e. The third kappa shape index (κ3) is 11.1. The number of carbonyl (C=O) groups is 1. The van der Waals surface area contributed by atoms with Gasteiger partial charge in [-0.05, 0) is 118 Å². The van der Waals surface area contributed by atoms with E-state index in [1.807, 2.05) is 104 Å². The molecule has 2 aromatic heterocycles. The lowest BCUT2D eigenvalue weighted by Gasteiger charge is -2.33. The van der Waals surface area contributed by atoms with Gasteiger partial charge >= 0.3 is 7.40 Å². The van der Waals surface area contributed by atoms with Crippen LogP contribution in [0.1, 0.15) is 51.8 Å². The van der Waals surface area contributed by atoms with E-state index in [2.05, 4.69) is 29.5 Å². The van der Waals surface area contributed by atoms with Crippen LogP contribution in [-0.4, -0.2) is 65.5 Å². The summed E-state index contributed by atoms with van der Waals surface area (Å²) in [5, 5.41) is 21.1. The van der Waals surface area contributed by atoms with Gasteiger partial charge in [-0.25, -0.2) is 4.99 Å². The van der Waals surface area contributed by atoms with E-state index >= 15 is 0 Å². The zero-order valence-electron chi connectivity index (χ0n) is 32.0. The molecular weight excluding hydrogens is 729 g/mol. The zero-order valence-corrected chi connectivity index (χ0v) is 32.9. The summed E-state index contributed by atoms with van der Waals surface area (Å²) in [5.41, 5.74) is 2.29. The number of halogens is 2. The number of benzene rings is 3. The summed E-state index contributed by atoms with van der Waals surface area (Å²) >= 11 is 1.42. The number of amides is 1. The monoisotopic (exact) mass is 776 g/mol. The van der Waals surface area contributed by atoms with Gasteiger partial charge in [0.05, 0.1) is 17.1 Å². The van der Waals surface area contributed by atoms with Gasteiger partial charge in [0, 0.05) is 33.6 Å².